The Labute approximate surface area is 108 Å². The predicted octanol–water partition coefficient (Wildman–Crippen LogP) is 3.16. The number of benzene rings is 1. The minimum absolute atomic E-state index is 0.219. The van der Waals surface area contributed by atoms with Crippen molar-refractivity contribution in [1.29, 1.82) is 0 Å². The second kappa shape index (κ2) is 5.51. The summed E-state index contributed by atoms with van der Waals surface area (Å²) in [4.78, 5) is 14.2. The molecule has 0 aliphatic carbocycles. The number of carbonyl (C=O) groups is 1. The zero-order valence-electron chi connectivity index (χ0n) is 11.0. The van der Waals surface area contributed by atoms with Crippen molar-refractivity contribution in [2.75, 3.05) is 0 Å². The van der Waals surface area contributed by atoms with Crippen LogP contribution in [0.3, 0.4) is 0 Å². The van der Waals surface area contributed by atoms with E-state index in [2.05, 4.69) is 13.8 Å². The lowest BCUT2D eigenvalue weighted by atomic mass is 10.1. The topological polar surface area (TPSA) is 20.3 Å². The summed E-state index contributed by atoms with van der Waals surface area (Å²) in [7, 11) is 0. The Morgan fingerprint density at radius 3 is 2.33 bits per heavy atom. The van der Waals surface area contributed by atoms with Gasteiger partial charge in [-0.2, -0.15) is 0 Å². The summed E-state index contributed by atoms with van der Waals surface area (Å²) in [5.41, 5.74) is 1.02. The van der Waals surface area contributed by atoms with Crippen molar-refractivity contribution in [3.8, 4) is 0 Å². The van der Waals surface area contributed by atoms with Crippen LogP contribution in [0.4, 0.5) is 4.39 Å². The van der Waals surface area contributed by atoms with Crippen LogP contribution in [0.25, 0.3) is 0 Å². The summed E-state index contributed by atoms with van der Waals surface area (Å²) in [5.74, 6) is -0.0105. The molecule has 1 aliphatic heterocycles. The van der Waals surface area contributed by atoms with E-state index in [1.165, 1.54) is 12.1 Å². The molecular weight excluding hydrogens is 229 g/mol. The van der Waals surface area contributed by atoms with Gasteiger partial charge in [0.05, 0.1) is 0 Å². The van der Waals surface area contributed by atoms with Crippen LogP contribution in [0, 0.1) is 5.82 Å². The summed E-state index contributed by atoms with van der Waals surface area (Å²) in [5, 5.41) is 0. The number of amides is 1. The number of rotatable bonds is 3. The van der Waals surface area contributed by atoms with Crippen LogP contribution in [-0.2, 0) is 11.2 Å². The molecule has 98 valence electrons. The van der Waals surface area contributed by atoms with Crippen LogP contribution in [-0.4, -0.2) is 22.9 Å². The highest BCUT2D eigenvalue weighted by molar-refractivity contribution is 5.77. The lowest BCUT2D eigenvalue weighted by Crippen LogP contribution is -2.38. The molecule has 3 heteroatoms. The molecular formula is C15H20FNO. The third-order valence-corrected chi connectivity index (χ3v) is 3.78. The van der Waals surface area contributed by atoms with Crippen molar-refractivity contribution < 1.29 is 9.18 Å². The Morgan fingerprint density at radius 1 is 1.22 bits per heavy atom. The van der Waals surface area contributed by atoms with Crippen molar-refractivity contribution in [2.45, 2.75) is 51.6 Å². The summed E-state index contributed by atoms with van der Waals surface area (Å²) >= 11 is 0. The first-order chi connectivity index (χ1) is 8.58. The van der Waals surface area contributed by atoms with Crippen molar-refractivity contribution in [3.63, 3.8) is 0 Å². The zero-order chi connectivity index (χ0) is 13.1. The standard InChI is InChI=1S/C15H20FNO/c1-11-3-4-12(2)17(11)15(18)10-7-13-5-8-14(16)9-6-13/h5-6,8-9,11-12H,3-4,7,10H2,1-2H3. The molecule has 1 amide bonds. The van der Waals surface area contributed by atoms with Gasteiger partial charge in [-0.1, -0.05) is 12.1 Å². The fourth-order valence-electron chi connectivity index (χ4n) is 2.72. The second-order valence-corrected chi connectivity index (χ2v) is 5.20. The quantitative estimate of drug-likeness (QED) is 0.805. The van der Waals surface area contributed by atoms with E-state index < -0.39 is 0 Å². The van der Waals surface area contributed by atoms with Crippen LogP contribution in [0.15, 0.2) is 24.3 Å². The maximum atomic E-state index is 12.8. The van der Waals surface area contributed by atoms with Crippen molar-refractivity contribution >= 4 is 5.91 Å². The number of hydrogen-bond acceptors (Lipinski definition) is 1. The van der Waals surface area contributed by atoms with Gasteiger partial charge in [-0.3, -0.25) is 4.79 Å². The molecule has 0 aromatic heterocycles. The second-order valence-electron chi connectivity index (χ2n) is 5.20. The molecule has 0 bridgehead atoms. The van der Waals surface area contributed by atoms with Crippen LogP contribution in [0.2, 0.25) is 0 Å². The van der Waals surface area contributed by atoms with Gasteiger partial charge in [-0.05, 0) is 50.8 Å². The van der Waals surface area contributed by atoms with Gasteiger partial charge in [0.2, 0.25) is 5.91 Å². The van der Waals surface area contributed by atoms with E-state index in [4.69, 9.17) is 0 Å². The fraction of sp³-hybridized carbons (Fsp3) is 0.533. The molecule has 1 aliphatic rings. The zero-order valence-corrected chi connectivity index (χ0v) is 11.0. The Bertz CT molecular complexity index is 405. The molecule has 18 heavy (non-hydrogen) atoms. The molecule has 0 N–H and O–H groups in total. The van der Waals surface area contributed by atoms with Crippen LogP contribution < -0.4 is 0 Å². The molecule has 1 aromatic rings. The van der Waals surface area contributed by atoms with Gasteiger partial charge in [0.1, 0.15) is 5.82 Å². The van der Waals surface area contributed by atoms with E-state index in [1.54, 1.807) is 12.1 Å². The molecule has 1 heterocycles. The van der Waals surface area contributed by atoms with Gasteiger partial charge in [-0.15, -0.1) is 0 Å². The van der Waals surface area contributed by atoms with Crippen LogP contribution >= 0.6 is 0 Å². The highest BCUT2D eigenvalue weighted by Gasteiger charge is 2.30. The Morgan fingerprint density at radius 2 is 1.78 bits per heavy atom. The molecule has 2 rings (SSSR count). The monoisotopic (exact) mass is 249 g/mol. The lowest BCUT2D eigenvalue weighted by molar-refractivity contribution is -0.133. The summed E-state index contributed by atoms with van der Waals surface area (Å²) in [6.45, 7) is 4.22. The molecule has 1 saturated heterocycles. The van der Waals surface area contributed by atoms with Crippen molar-refractivity contribution in [1.82, 2.24) is 4.90 Å². The van der Waals surface area contributed by atoms with Gasteiger partial charge in [-0.25, -0.2) is 4.39 Å². The van der Waals surface area contributed by atoms with E-state index in [9.17, 15) is 9.18 Å². The predicted molar refractivity (Wildman–Crippen MR) is 69.7 cm³/mol. The van der Waals surface area contributed by atoms with Crippen molar-refractivity contribution in [3.05, 3.63) is 35.6 Å². The summed E-state index contributed by atoms with van der Waals surface area (Å²) in [6.07, 6.45) is 3.41. The first-order valence-electron chi connectivity index (χ1n) is 6.63. The van der Waals surface area contributed by atoms with Gasteiger partial charge < -0.3 is 4.90 Å². The van der Waals surface area contributed by atoms with E-state index in [0.717, 1.165) is 18.4 Å². The number of carbonyl (C=O) groups excluding carboxylic acids is 1. The van der Waals surface area contributed by atoms with Crippen LogP contribution in [0.1, 0.15) is 38.7 Å². The Kier molecular flexibility index (Phi) is 4.00. The molecule has 0 saturated carbocycles. The average molecular weight is 249 g/mol. The third kappa shape index (κ3) is 2.89. The minimum Gasteiger partial charge on any atom is -0.337 e. The highest BCUT2D eigenvalue weighted by atomic mass is 19.1. The van der Waals surface area contributed by atoms with Gasteiger partial charge in [0.25, 0.3) is 0 Å². The lowest BCUT2D eigenvalue weighted by Gasteiger charge is -2.26. The Balaban J connectivity index is 1.90. The molecule has 2 nitrogen and oxygen atoms in total. The fourth-order valence-corrected chi connectivity index (χ4v) is 2.72. The summed E-state index contributed by atoms with van der Waals surface area (Å²) < 4.78 is 12.8. The highest BCUT2D eigenvalue weighted by Crippen LogP contribution is 2.24. The van der Waals surface area contributed by atoms with Gasteiger partial charge in [0.15, 0.2) is 0 Å². The number of hydrogen-bond donors (Lipinski definition) is 0. The minimum atomic E-state index is -0.230. The number of aryl methyl sites for hydroxylation is 1. The largest absolute Gasteiger partial charge is 0.337 e. The maximum absolute atomic E-state index is 12.8. The first-order valence-corrected chi connectivity index (χ1v) is 6.63. The molecule has 0 radical (unpaired) electrons. The van der Waals surface area contributed by atoms with Gasteiger partial charge in [0, 0.05) is 18.5 Å². The van der Waals surface area contributed by atoms with Gasteiger partial charge >= 0.3 is 0 Å². The maximum Gasteiger partial charge on any atom is 0.223 e. The molecule has 2 unspecified atom stereocenters. The molecule has 2 atom stereocenters. The Hall–Kier alpha value is -1.38. The molecule has 1 fully saturated rings. The van der Waals surface area contributed by atoms with Crippen LogP contribution in [0.5, 0.6) is 0 Å². The molecule has 0 spiro atoms. The number of halogens is 1. The third-order valence-electron chi connectivity index (χ3n) is 3.78. The molecule has 1 aromatic carbocycles. The summed E-state index contributed by atoms with van der Waals surface area (Å²) in [6, 6.07) is 7.11. The van der Waals surface area contributed by atoms with Crippen molar-refractivity contribution in [2.24, 2.45) is 0 Å². The van der Waals surface area contributed by atoms with E-state index in [1.807, 2.05) is 4.90 Å². The van der Waals surface area contributed by atoms with E-state index in [-0.39, 0.29) is 11.7 Å². The normalized spacial score (nSPS) is 23.4. The first kappa shape index (κ1) is 13.1. The SMILES string of the molecule is CC1CCC(C)N1C(=O)CCc1ccc(F)cc1. The van der Waals surface area contributed by atoms with E-state index >= 15 is 0 Å². The number of likely N-dealkylation sites (tertiary alicyclic amines) is 1. The van der Waals surface area contributed by atoms with E-state index in [0.29, 0.717) is 24.9 Å². The smallest absolute Gasteiger partial charge is 0.223 e. The average Bonchev–Trinajstić information content (AvgIpc) is 2.68. The number of nitrogens with zero attached hydrogens (tertiary/aromatic N) is 1.